The molecule has 1 saturated heterocycles. The number of carbonyl (C=O) groups excluding carboxylic acids is 1. The van der Waals surface area contributed by atoms with E-state index in [0.717, 1.165) is 11.3 Å². The normalized spacial score (nSPS) is 22.0. The average molecular weight is 306 g/mol. The van der Waals surface area contributed by atoms with E-state index >= 15 is 0 Å². The topological polar surface area (TPSA) is 72.3 Å². The van der Waals surface area contributed by atoms with E-state index in [1.807, 2.05) is 20.9 Å². The van der Waals surface area contributed by atoms with Gasteiger partial charge in [0.15, 0.2) is 0 Å². The molecule has 2 rings (SSSR count). The fourth-order valence-corrected chi connectivity index (χ4v) is 3.39. The molecule has 1 aliphatic rings. The highest BCUT2D eigenvalue weighted by molar-refractivity contribution is 8.14. The summed E-state index contributed by atoms with van der Waals surface area (Å²) >= 11 is 0. The van der Waals surface area contributed by atoms with Gasteiger partial charge in [0.1, 0.15) is 5.25 Å². The maximum atomic E-state index is 11.9. The lowest BCUT2D eigenvalue weighted by Gasteiger charge is -2.24. The van der Waals surface area contributed by atoms with Crippen molar-refractivity contribution in [1.29, 1.82) is 0 Å². The highest BCUT2D eigenvalue weighted by Crippen LogP contribution is 2.30. The van der Waals surface area contributed by atoms with Gasteiger partial charge in [0.05, 0.1) is 12.2 Å². The van der Waals surface area contributed by atoms with Crippen molar-refractivity contribution in [3.8, 4) is 0 Å². The number of rotatable bonds is 3. The lowest BCUT2D eigenvalue weighted by Crippen LogP contribution is -2.30. The molecule has 0 aliphatic carbocycles. The van der Waals surface area contributed by atoms with Crippen molar-refractivity contribution in [3.05, 3.63) is 17.5 Å². The average Bonchev–Trinajstić information content (AvgIpc) is 2.83. The predicted octanol–water partition coefficient (Wildman–Crippen LogP) is 0.959. The van der Waals surface area contributed by atoms with E-state index in [4.69, 9.17) is 10.7 Å². The molecule has 0 saturated carbocycles. The second kappa shape index (κ2) is 4.79. The van der Waals surface area contributed by atoms with E-state index in [0.29, 0.717) is 0 Å². The Morgan fingerprint density at radius 2 is 2.16 bits per heavy atom. The molecule has 0 N–H and O–H groups in total. The fourth-order valence-electron chi connectivity index (χ4n) is 2.35. The van der Waals surface area contributed by atoms with Crippen LogP contribution in [0.1, 0.15) is 30.6 Å². The SMILES string of the molecule is Cc1c(C(C)N2CC(S(=O)(=O)Cl)CC2=O)cnn1C. The summed E-state index contributed by atoms with van der Waals surface area (Å²) in [7, 11) is 3.46. The second-order valence-corrected chi connectivity index (χ2v) is 7.74. The molecule has 6 nitrogen and oxygen atoms in total. The molecule has 1 amide bonds. The molecule has 1 aromatic rings. The highest BCUT2D eigenvalue weighted by atomic mass is 35.7. The summed E-state index contributed by atoms with van der Waals surface area (Å²) in [5.41, 5.74) is 1.88. The van der Waals surface area contributed by atoms with Crippen LogP contribution < -0.4 is 0 Å². The Labute approximate surface area is 116 Å². The number of aryl methyl sites for hydroxylation is 1. The molecule has 1 aliphatic heterocycles. The smallest absolute Gasteiger partial charge is 0.237 e. The largest absolute Gasteiger partial charge is 0.334 e. The van der Waals surface area contributed by atoms with E-state index in [-0.39, 0.29) is 24.9 Å². The van der Waals surface area contributed by atoms with E-state index < -0.39 is 14.3 Å². The van der Waals surface area contributed by atoms with Gasteiger partial charge >= 0.3 is 0 Å². The Kier molecular flexibility index (Phi) is 3.61. The molecule has 0 radical (unpaired) electrons. The first-order chi connectivity index (χ1) is 8.71. The molecular formula is C11H16ClN3O3S. The summed E-state index contributed by atoms with van der Waals surface area (Å²) in [4.78, 5) is 13.5. The summed E-state index contributed by atoms with van der Waals surface area (Å²) < 4.78 is 24.4. The Morgan fingerprint density at radius 1 is 1.53 bits per heavy atom. The number of halogens is 1. The molecule has 2 heterocycles. The fraction of sp³-hybridized carbons (Fsp3) is 0.636. The third-order valence-corrected chi connectivity index (χ3v) is 5.58. The van der Waals surface area contributed by atoms with Gasteiger partial charge in [-0.05, 0) is 13.8 Å². The van der Waals surface area contributed by atoms with Crippen molar-refractivity contribution >= 4 is 25.6 Å². The van der Waals surface area contributed by atoms with Crippen molar-refractivity contribution < 1.29 is 13.2 Å². The van der Waals surface area contributed by atoms with Crippen LogP contribution in [0.4, 0.5) is 0 Å². The minimum Gasteiger partial charge on any atom is -0.334 e. The highest BCUT2D eigenvalue weighted by Gasteiger charge is 2.40. The molecule has 0 bridgehead atoms. The number of hydrogen-bond donors (Lipinski definition) is 0. The first-order valence-corrected chi connectivity index (χ1v) is 8.30. The Balaban J connectivity index is 2.24. The second-order valence-electron chi connectivity index (χ2n) is 4.83. The van der Waals surface area contributed by atoms with Gasteiger partial charge in [-0.2, -0.15) is 5.10 Å². The molecule has 2 atom stereocenters. The maximum absolute atomic E-state index is 11.9. The first-order valence-electron chi connectivity index (χ1n) is 5.93. The number of hydrogen-bond acceptors (Lipinski definition) is 4. The van der Waals surface area contributed by atoms with Gasteiger partial charge in [-0.1, -0.05) is 0 Å². The van der Waals surface area contributed by atoms with E-state index in [1.165, 1.54) is 0 Å². The monoisotopic (exact) mass is 305 g/mol. The van der Waals surface area contributed by atoms with Crippen LogP contribution in [0, 0.1) is 6.92 Å². The first kappa shape index (κ1) is 14.3. The standard InChI is InChI=1S/C11H16ClN3O3S/c1-7-10(5-13-14(7)3)8(2)15-6-9(4-11(15)16)19(12,17)18/h5,8-9H,4,6H2,1-3H3. The van der Waals surface area contributed by atoms with Crippen molar-refractivity contribution in [2.75, 3.05) is 6.54 Å². The third-order valence-electron chi connectivity index (χ3n) is 3.71. The van der Waals surface area contributed by atoms with E-state index in [2.05, 4.69) is 5.10 Å². The molecule has 0 aromatic carbocycles. The van der Waals surface area contributed by atoms with Crippen LogP contribution in [0.15, 0.2) is 6.20 Å². The van der Waals surface area contributed by atoms with Gasteiger partial charge in [0, 0.05) is 42.0 Å². The molecular weight excluding hydrogens is 290 g/mol. The number of nitrogens with zero attached hydrogens (tertiary/aromatic N) is 3. The van der Waals surface area contributed by atoms with Gasteiger partial charge in [-0.15, -0.1) is 0 Å². The van der Waals surface area contributed by atoms with E-state index in [1.54, 1.807) is 15.8 Å². The Hall–Kier alpha value is -1.08. The van der Waals surface area contributed by atoms with Gasteiger partial charge in [-0.25, -0.2) is 8.42 Å². The van der Waals surface area contributed by atoms with Crippen LogP contribution in [0.3, 0.4) is 0 Å². The maximum Gasteiger partial charge on any atom is 0.237 e. The van der Waals surface area contributed by atoms with Gasteiger partial charge in [0.25, 0.3) is 0 Å². The summed E-state index contributed by atoms with van der Waals surface area (Å²) in [6, 6.07) is -0.204. The van der Waals surface area contributed by atoms with Crippen LogP contribution in [0.2, 0.25) is 0 Å². The van der Waals surface area contributed by atoms with Gasteiger partial charge in [0.2, 0.25) is 15.0 Å². The summed E-state index contributed by atoms with van der Waals surface area (Å²) in [5, 5.41) is 3.32. The van der Waals surface area contributed by atoms with Crippen LogP contribution >= 0.6 is 10.7 Å². The lowest BCUT2D eigenvalue weighted by molar-refractivity contribution is -0.129. The molecule has 19 heavy (non-hydrogen) atoms. The third kappa shape index (κ3) is 2.62. The molecule has 106 valence electrons. The number of carbonyl (C=O) groups is 1. The van der Waals surface area contributed by atoms with Crippen LogP contribution in [-0.2, 0) is 20.9 Å². The molecule has 1 fully saturated rings. The zero-order chi connectivity index (χ0) is 14.4. The number of likely N-dealkylation sites (tertiary alicyclic amines) is 1. The molecule has 2 unspecified atom stereocenters. The summed E-state index contributed by atoms with van der Waals surface area (Å²) in [5.74, 6) is -0.190. The minimum absolute atomic E-state index is 0.0461. The lowest BCUT2D eigenvalue weighted by atomic mass is 10.1. The number of amides is 1. The molecule has 0 spiro atoms. The van der Waals surface area contributed by atoms with Crippen molar-refractivity contribution in [1.82, 2.24) is 14.7 Å². The van der Waals surface area contributed by atoms with Crippen molar-refractivity contribution in [2.24, 2.45) is 7.05 Å². The number of aromatic nitrogens is 2. The van der Waals surface area contributed by atoms with E-state index in [9.17, 15) is 13.2 Å². The quantitative estimate of drug-likeness (QED) is 0.780. The van der Waals surface area contributed by atoms with Crippen LogP contribution in [0.5, 0.6) is 0 Å². The van der Waals surface area contributed by atoms with Crippen molar-refractivity contribution in [3.63, 3.8) is 0 Å². The summed E-state index contributed by atoms with van der Waals surface area (Å²) in [6.45, 7) is 3.92. The van der Waals surface area contributed by atoms with Crippen LogP contribution in [-0.4, -0.2) is 40.8 Å². The van der Waals surface area contributed by atoms with Gasteiger partial charge < -0.3 is 4.90 Å². The minimum atomic E-state index is -3.70. The zero-order valence-corrected chi connectivity index (χ0v) is 12.6. The molecule has 1 aromatic heterocycles. The molecule has 8 heteroatoms. The van der Waals surface area contributed by atoms with Crippen LogP contribution in [0.25, 0.3) is 0 Å². The Bertz CT molecular complexity index is 611. The Morgan fingerprint density at radius 3 is 2.58 bits per heavy atom. The summed E-state index contributed by atoms with van der Waals surface area (Å²) in [6.07, 6.45) is 1.66. The van der Waals surface area contributed by atoms with Gasteiger partial charge in [-0.3, -0.25) is 9.48 Å². The zero-order valence-electron chi connectivity index (χ0n) is 11.0. The predicted molar refractivity (Wildman–Crippen MR) is 71.3 cm³/mol. The van der Waals surface area contributed by atoms with Crippen molar-refractivity contribution in [2.45, 2.75) is 31.6 Å².